The van der Waals surface area contributed by atoms with E-state index < -0.39 is 34.9 Å². The number of carboxylic acids is 1. The van der Waals surface area contributed by atoms with Crippen molar-refractivity contribution in [2.45, 2.75) is 25.2 Å². The Hall–Kier alpha value is -1.74. The number of aromatic carboxylic acids is 1. The number of anilines is 1. The van der Waals surface area contributed by atoms with Crippen LogP contribution in [0.1, 0.15) is 28.8 Å². The summed E-state index contributed by atoms with van der Waals surface area (Å²) in [6.45, 7) is -0.353. The number of fused-ring (bicyclic) bond motifs is 1. The van der Waals surface area contributed by atoms with Crippen LogP contribution in [0.15, 0.2) is 18.2 Å². The summed E-state index contributed by atoms with van der Waals surface area (Å²) >= 11 is 0. The van der Waals surface area contributed by atoms with E-state index in [1.165, 1.54) is 12.1 Å². The van der Waals surface area contributed by atoms with E-state index in [1.807, 2.05) is 0 Å². The van der Waals surface area contributed by atoms with Gasteiger partial charge >= 0.3 is 16.2 Å². The van der Waals surface area contributed by atoms with E-state index in [0.717, 1.165) is 8.61 Å². The maximum absolute atomic E-state index is 13.2. The van der Waals surface area contributed by atoms with Crippen molar-refractivity contribution in [1.82, 2.24) is 4.31 Å². The molecule has 2 aliphatic heterocycles. The van der Waals surface area contributed by atoms with E-state index in [-0.39, 0.29) is 25.2 Å². The molecule has 1 aromatic rings. The number of benzene rings is 1. The predicted octanol–water partition coefficient (Wildman–Crippen LogP) is 1.72. The van der Waals surface area contributed by atoms with Gasteiger partial charge in [0.2, 0.25) is 0 Å². The Labute approximate surface area is 132 Å². The third kappa shape index (κ3) is 2.78. The summed E-state index contributed by atoms with van der Waals surface area (Å²) in [7, 11) is -3.93. The fourth-order valence-electron chi connectivity index (χ4n) is 3.03. The maximum atomic E-state index is 13.2. The van der Waals surface area contributed by atoms with Crippen LogP contribution in [0.4, 0.5) is 14.5 Å². The average molecular weight is 346 g/mol. The Balaban J connectivity index is 1.90. The van der Waals surface area contributed by atoms with E-state index in [4.69, 9.17) is 0 Å². The van der Waals surface area contributed by atoms with Crippen molar-refractivity contribution in [3.63, 3.8) is 0 Å². The molecule has 0 aromatic heterocycles. The molecule has 0 radical (unpaired) electrons. The van der Waals surface area contributed by atoms with Crippen molar-refractivity contribution in [2.24, 2.45) is 0 Å². The highest BCUT2D eigenvalue weighted by molar-refractivity contribution is 7.90. The standard InChI is InChI=1S/C14H16F2N2O4S/c15-14(16)5-8-17(9-6-14)23(21,22)18-7-4-10-11(13(19)20)2-1-3-12(10)18/h1-3H,4-9H2,(H,19,20). The zero-order valence-corrected chi connectivity index (χ0v) is 13.0. The highest BCUT2D eigenvalue weighted by Gasteiger charge is 2.42. The molecule has 0 amide bonds. The number of piperidine rings is 1. The molecule has 0 atom stereocenters. The minimum Gasteiger partial charge on any atom is -0.478 e. The van der Waals surface area contributed by atoms with Crippen molar-refractivity contribution in [2.75, 3.05) is 23.9 Å². The number of rotatable bonds is 3. The van der Waals surface area contributed by atoms with Crippen LogP contribution >= 0.6 is 0 Å². The zero-order chi connectivity index (χ0) is 16.8. The summed E-state index contributed by atoms with van der Waals surface area (Å²) in [5.74, 6) is -3.94. The number of halogens is 2. The van der Waals surface area contributed by atoms with Crippen LogP contribution in [0.3, 0.4) is 0 Å². The van der Waals surface area contributed by atoms with Gasteiger partial charge in [0.05, 0.1) is 11.3 Å². The fourth-order valence-corrected chi connectivity index (χ4v) is 4.69. The van der Waals surface area contributed by atoms with Crippen molar-refractivity contribution in [3.05, 3.63) is 29.3 Å². The Morgan fingerprint density at radius 1 is 1.17 bits per heavy atom. The van der Waals surface area contributed by atoms with Crippen LogP contribution in [0.5, 0.6) is 0 Å². The van der Waals surface area contributed by atoms with Gasteiger partial charge in [0.25, 0.3) is 5.92 Å². The van der Waals surface area contributed by atoms with Gasteiger partial charge in [0.1, 0.15) is 0 Å². The Morgan fingerprint density at radius 3 is 2.43 bits per heavy atom. The van der Waals surface area contributed by atoms with E-state index >= 15 is 0 Å². The second kappa shape index (κ2) is 5.41. The maximum Gasteiger partial charge on any atom is 0.336 e. The third-order valence-corrected chi connectivity index (χ3v) is 6.23. The number of hydrogen-bond donors (Lipinski definition) is 1. The predicted molar refractivity (Wildman–Crippen MR) is 79.1 cm³/mol. The van der Waals surface area contributed by atoms with Gasteiger partial charge in [0, 0.05) is 32.5 Å². The first kappa shape index (κ1) is 16.1. The van der Waals surface area contributed by atoms with Crippen LogP contribution in [0, 0.1) is 0 Å². The van der Waals surface area contributed by atoms with Crippen LogP contribution in [-0.4, -0.2) is 49.4 Å². The van der Waals surface area contributed by atoms with Crippen molar-refractivity contribution in [1.29, 1.82) is 0 Å². The summed E-state index contributed by atoms with van der Waals surface area (Å²) in [4.78, 5) is 11.2. The SMILES string of the molecule is O=C(O)c1cccc2c1CCN2S(=O)(=O)N1CCC(F)(F)CC1. The van der Waals surface area contributed by atoms with E-state index in [2.05, 4.69) is 0 Å². The molecule has 6 nitrogen and oxygen atoms in total. The lowest BCUT2D eigenvalue weighted by atomic mass is 10.1. The number of carboxylic acid groups (broad SMARTS) is 1. The monoisotopic (exact) mass is 346 g/mol. The molecule has 3 rings (SSSR count). The van der Waals surface area contributed by atoms with Gasteiger partial charge in [-0.05, 0) is 24.1 Å². The van der Waals surface area contributed by atoms with Crippen molar-refractivity contribution >= 4 is 21.9 Å². The Bertz CT molecular complexity index is 741. The van der Waals surface area contributed by atoms with Gasteiger partial charge < -0.3 is 5.11 Å². The summed E-state index contributed by atoms with van der Waals surface area (Å²) in [6.07, 6.45) is -0.703. The highest BCUT2D eigenvalue weighted by Crippen LogP contribution is 2.36. The first-order valence-corrected chi connectivity index (χ1v) is 8.63. The minimum atomic E-state index is -3.93. The first-order chi connectivity index (χ1) is 10.7. The molecule has 0 aliphatic carbocycles. The molecular weight excluding hydrogens is 330 g/mol. The van der Waals surface area contributed by atoms with Crippen molar-refractivity contribution in [3.8, 4) is 0 Å². The number of nitrogens with zero attached hydrogens (tertiary/aromatic N) is 2. The van der Waals surface area contributed by atoms with Gasteiger partial charge in [-0.15, -0.1) is 0 Å². The largest absolute Gasteiger partial charge is 0.478 e. The first-order valence-electron chi connectivity index (χ1n) is 7.23. The molecule has 2 aliphatic rings. The van der Waals surface area contributed by atoms with Crippen LogP contribution in [-0.2, 0) is 16.6 Å². The summed E-state index contributed by atoms with van der Waals surface area (Å²) < 4.78 is 54.0. The molecule has 9 heteroatoms. The smallest absolute Gasteiger partial charge is 0.336 e. The van der Waals surface area contributed by atoms with E-state index in [0.29, 0.717) is 17.7 Å². The van der Waals surface area contributed by atoms with Gasteiger partial charge in [0.15, 0.2) is 0 Å². The lowest BCUT2D eigenvalue weighted by Crippen LogP contribution is -2.49. The molecular formula is C14H16F2N2O4S. The fraction of sp³-hybridized carbons (Fsp3) is 0.500. The molecule has 0 unspecified atom stereocenters. The molecule has 126 valence electrons. The third-order valence-electron chi connectivity index (χ3n) is 4.27. The Kier molecular flexibility index (Phi) is 3.80. The van der Waals surface area contributed by atoms with Crippen LogP contribution in [0.2, 0.25) is 0 Å². The lowest BCUT2D eigenvalue weighted by Gasteiger charge is -2.34. The van der Waals surface area contributed by atoms with E-state index in [9.17, 15) is 27.1 Å². The number of alkyl halides is 2. The van der Waals surface area contributed by atoms with Gasteiger partial charge in [-0.3, -0.25) is 4.31 Å². The Morgan fingerprint density at radius 2 is 1.83 bits per heavy atom. The second-order valence-electron chi connectivity index (χ2n) is 5.69. The normalized spacial score (nSPS) is 21.2. The second-order valence-corrected chi connectivity index (χ2v) is 7.55. The molecule has 1 N–H and O–H groups in total. The van der Waals surface area contributed by atoms with Gasteiger partial charge in [-0.25, -0.2) is 13.6 Å². The molecule has 0 bridgehead atoms. The summed E-state index contributed by atoms with van der Waals surface area (Å²) in [6, 6.07) is 4.46. The summed E-state index contributed by atoms with van der Waals surface area (Å²) in [5.41, 5.74) is 0.860. The highest BCUT2D eigenvalue weighted by atomic mass is 32.2. The van der Waals surface area contributed by atoms with Gasteiger partial charge in [-0.2, -0.15) is 12.7 Å². The molecule has 0 saturated carbocycles. The number of carbonyl (C=O) groups is 1. The minimum absolute atomic E-state index is 0.0744. The van der Waals surface area contributed by atoms with Crippen molar-refractivity contribution < 1.29 is 27.1 Å². The quantitative estimate of drug-likeness (QED) is 0.904. The topological polar surface area (TPSA) is 77.9 Å². The number of hydrogen-bond acceptors (Lipinski definition) is 3. The van der Waals surface area contributed by atoms with Gasteiger partial charge in [-0.1, -0.05) is 6.07 Å². The van der Waals surface area contributed by atoms with Crippen LogP contribution in [0.25, 0.3) is 0 Å². The average Bonchev–Trinajstić information content (AvgIpc) is 2.91. The molecule has 2 heterocycles. The summed E-state index contributed by atoms with van der Waals surface area (Å²) in [5, 5.41) is 9.18. The lowest BCUT2D eigenvalue weighted by molar-refractivity contribution is -0.0412. The zero-order valence-electron chi connectivity index (χ0n) is 12.2. The molecule has 23 heavy (non-hydrogen) atoms. The molecule has 1 fully saturated rings. The van der Waals surface area contributed by atoms with E-state index in [1.54, 1.807) is 6.07 Å². The molecule has 1 saturated heterocycles. The molecule has 0 spiro atoms. The van der Waals surface area contributed by atoms with Crippen LogP contribution < -0.4 is 4.31 Å². The molecule has 1 aromatic carbocycles.